The lowest BCUT2D eigenvalue weighted by atomic mass is 9.85. The van der Waals surface area contributed by atoms with Crippen LogP contribution in [0.5, 0.6) is 0 Å². The third kappa shape index (κ3) is 2.50. The molecule has 0 amide bonds. The number of ketones is 1. The smallest absolute Gasteiger partial charge is 0.161 e. The molecule has 0 saturated heterocycles. The van der Waals surface area contributed by atoms with Crippen molar-refractivity contribution in [3.05, 3.63) is 47.6 Å². The number of hydrogen-bond donors (Lipinski definition) is 0. The Morgan fingerprint density at radius 2 is 1.77 bits per heavy atom. The molecule has 3 heteroatoms. The summed E-state index contributed by atoms with van der Waals surface area (Å²) in [5.41, 5.74) is 1.84. The van der Waals surface area contributed by atoms with Crippen LogP contribution in [0.25, 0.3) is 11.3 Å². The van der Waals surface area contributed by atoms with Crippen molar-refractivity contribution >= 4 is 17.4 Å². The summed E-state index contributed by atoms with van der Waals surface area (Å²) >= 11 is 6.00. The number of hydrogen-bond acceptors (Lipinski definition) is 1. The van der Waals surface area contributed by atoms with Gasteiger partial charge in [0.1, 0.15) is 5.54 Å². The zero-order valence-electron chi connectivity index (χ0n) is 13.2. The molecule has 1 aliphatic carbocycles. The first-order chi connectivity index (χ1) is 10.5. The molecule has 1 heterocycles. The molecule has 0 atom stereocenters. The van der Waals surface area contributed by atoms with E-state index >= 15 is 0 Å². The van der Waals surface area contributed by atoms with E-state index in [-0.39, 0.29) is 11.5 Å². The molecular formula is C19H22ClNO. The molecule has 3 rings (SSSR count). The van der Waals surface area contributed by atoms with Gasteiger partial charge in [-0.25, -0.2) is 0 Å². The molecule has 2 aromatic rings. The summed E-state index contributed by atoms with van der Waals surface area (Å²) in [5.74, 6) is 0.412. The Morgan fingerprint density at radius 1 is 1.14 bits per heavy atom. The molecule has 0 unspecified atom stereocenters. The summed E-state index contributed by atoms with van der Waals surface area (Å²) in [6.45, 7) is 4.02. The lowest BCUT2D eigenvalue weighted by molar-refractivity contribution is -0.130. The number of aromatic nitrogens is 1. The fourth-order valence-corrected chi connectivity index (χ4v) is 3.84. The highest BCUT2D eigenvalue weighted by Gasteiger charge is 2.44. The van der Waals surface area contributed by atoms with Crippen LogP contribution in [-0.2, 0) is 10.3 Å². The number of carbonyl (C=O) groups is 1. The van der Waals surface area contributed by atoms with Gasteiger partial charge in [-0.2, -0.15) is 0 Å². The second-order valence-corrected chi connectivity index (χ2v) is 6.96. The highest BCUT2D eigenvalue weighted by Crippen LogP contribution is 2.42. The molecule has 116 valence electrons. The fourth-order valence-electron chi connectivity index (χ4n) is 3.71. The zero-order chi connectivity index (χ0) is 15.7. The van der Waals surface area contributed by atoms with Crippen molar-refractivity contribution in [3.8, 4) is 11.3 Å². The number of carbonyl (C=O) groups excluding carboxylic acids is 1. The Bertz CT molecular complexity index is 663. The SMILES string of the molecule is CC(C)C(=O)C1(n2cccc2-c2ccc(Cl)cc2)CCCC1. The minimum Gasteiger partial charge on any atom is -0.334 e. The van der Waals surface area contributed by atoms with E-state index in [0.717, 1.165) is 42.0 Å². The van der Waals surface area contributed by atoms with Gasteiger partial charge in [0, 0.05) is 22.8 Å². The maximum absolute atomic E-state index is 13.0. The van der Waals surface area contributed by atoms with Crippen molar-refractivity contribution < 1.29 is 4.79 Å². The van der Waals surface area contributed by atoms with Gasteiger partial charge < -0.3 is 4.57 Å². The topological polar surface area (TPSA) is 22.0 Å². The standard InChI is InChI=1S/C19H22ClNO/c1-14(2)18(22)19(11-3-4-12-19)21-13-5-6-17(21)15-7-9-16(20)10-8-15/h5-10,13-14H,3-4,11-12H2,1-2H3. The van der Waals surface area contributed by atoms with Crippen LogP contribution >= 0.6 is 11.6 Å². The number of benzene rings is 1. The van der Waals surface area contributed by atoms with Crippen LogP contribution in [0.2, 0.25) is 5.02 Å². The van der Waals surface area contributed by atoms with Gasteiger partial charge in [0.25, 0.3) is 0 Å². The van der Waals surface area contributed by atoms with Crippen LogP contribution in [0.1, 0.15) is 39.5 Å². The Hall–Kier alpha value is -1.54. The van der Waals surface area contributed by atoms with Gasteiger partial charge in [-0.3, -0.25) is 4.79 Å². The van der Waals surface area contributed by atoms with Gasteiger partial charge in [0.2, 0.25) is 0 Å². The summed E-state index contributed by atoms with van der Waals surface area (Å²) in [4.78, 5) is 13.0. The van der Waals surface area contributed by atoms with E-state index in [2.05, 4.69) is 16.8 Å². The van der Waals surface area contributed by atoms with Gasteiger partial charge in [0.05, 0.1) is 0 Å². The second kappa shape index (κ2) is 5.92. The minimum absolute atomic E-state index is 0.0542. The van der Waals surface area contributed by atoms with Crippen molar-refractivity contribution in [2.75, 3.05) is 0 Å². The van der Waals surface area contributed by atoms with Crippen LogP contribution in [0.3, 0.4) is 0 Å². The maximum Gasteiger partial charge on any atom is 0.161 e. The average Bonchev–Trinajstić information content (AvgIpc) is 3.16. The first-order valence-electron chi connectivity index (χ1n) is 8.03. The third-order valence-electron chi connectivity index (χ3n) is 4.76. The lowest BCUT2D eigenvalue weighted by Crippen LogP contribution is -2.41. The van der Waals surface area contributed by atoms with E-state index < -0.39 is 0 Å². The van der Waals surface area contributed by atoms with Gasteiger partial charge in [0.15, 0.2) is 5.78 Å². The lowest BCUT2D eigenvalue weighted by Gasteiger charge is -2.33. The van der Waals surface area contributed by atoms with Gasteiger partial charge in [-0.1, -0.05) is 50.4 Å². The maximum atomic E-state index is 13.0. The normalized spacial score (nSPS) is 17.1. The quantitative estimate of drug-likeness (QED) is 0.750. The molecular weight excluding hydrogens is 294 g/mol. The van der Waals surface area contributed by atoms with Crippen LogP contribution in [0.15, 0.2) is 42.6 Å². The summed E-state index contributed by atoms with van der Waals surface area (Å²) in [5, 5.41) is 0.732. The molecule has 1 saturated carbocycles. The van der Waals surface area contributed by atoms with Crippen molar-refractivity contribution in [1.82, 2.24) is 4.57 Å². The Labute approximate surface area is 137 Å². The fraction of sp³-hybridized carbons (Fsp3) is 0.421. The van der Waals surface area contributed by atoms with Crippen molar-refractivity contribution in [2.45, 2.75) is 45.1 Å². The highest BCUT2D eigenvalue weighted by atomic mass is 35.5. The number of nitrogens with zero attached hydrogens (tertiary/aromatic N) is 1. The van der Waals surface area contributed by atoms with E-state index in [1.165, 1.54) is 0 Å². The van der Waals surface area contributed by atoms with Gasteiger partial charge >= 0.3 is 0 Å². The molecule has 1 fully saturated rings. The minimum atomic E-state index is -0.368. The first kappa shape index (κ1) is 15.4. The summed E-state index contributed by atoms with van der Waals surface area (Å²) in [6, 6.07) is 12.0. The van der Waals surface area contributed by atoms with Crippen LogP contribution in [0.4, 0.5) is 0 Å². The van der Waals surface area contributed by atoms with Gasteiger partial charge in [-0.05, 0) is 42.7 Å². The monoisotopic (exact) mass is 315 g/mol. The van der Waals surface area contributed by atoms with Crippen molar-refractivity contribution in [1.29, 1.82) is 0 Å². The third-order valence-corrected chi connectivity index (χ3v) is 5.02. The van der Waals surface area contributed by atoms with Gasteiger partial charge in [-0.15, -0.1) is 0 Å². The van der Waals surface area contributed by atoms with E-state index in [1.807, 2.05) is 44.2 Å². The number of rotatable bonds is 4. The Morgan fingerprint density at radius 3 is 2.36 bits per heavy atom. The molecule has 0 N–H and O–H groups in total. The molecule has 1 aromatic heterocycles. The van der Waals surface area contributed by atoms with E-state index in [4.69, 9.17) is 11.6 Å². The molecule has 0 radical (unpaired) electrons. The summed E-state index contributed by atoms with van der Waals surface area (Å²) in [6.07, 6.45) is 6.20. The largest absolute Gasteiger partial charge is 0.334 e. The van der Waals surface area contributed by atoms with Crippen LogP contribution in [-0.4, -0.2) is 10.4 Å². The molecule has 1 aromatic carbocycles. The zero-order valence-corrected chi connectivity index (χ0v) is 13.9. The van der Waals surface area contributed by atoms with E-state index in [0.29, 0.717) is 5.78 Å². The highest BCUT2D eigenvalue weighted by molar-refractivity contribution is 6.30. The molecule has 22 heavy (non-hydrogen) atoms. The van der Waals surface area contributed by atoms with Crippen LogP contribution < -0.4 is 0 Å². The second-order valence-electron chi connectivity index (χ2n) is 6.53. The van der Waals surface area contributed by atoms with E-state index in [1.54, 1.807) is 0 Å². The number of Topliss-reactive ketones (excluding diaryl/α,β-unsaturated/α-hetero) is 1. The molecule has 0 aliphatic heterocycles. The summed E-state index contributed by atoms with van der Waals surface area (Å²) in [7, 11) is 0. The predicted molar refractivity (Wildman–Crippen MR) is 91.2 cm³/mol. The number of halogens is 1. The first-order valence-corrected chi connectivity index (χ1v) is 8.40. The van der Waals surface area contributed by atoms with E-state index in [9.17, 15) is 4.79 Å². The molecule has 0 bridgehead atoms. The predicted octanol–water partition coefficient (Wildman–Crippen LogP) is 5.30. The van der Waals surface area contributed by atoms with Crippen LogP contribution in [0, 0.1) is 5.92 Å². The van der Waals surface area contributed by atoms with Crippen molar-refractivity contribution in [3.63, 3.8) is 0 Å². The Kier molecular flexibility index (Phi) is 4.14. The molecule has 1 aliphatic rings. The average molecular weight is 316 g/mol. The molecule has 2 nitrogen and oxygen atoms in total. The van der Waals surface area contributed by atoms with Crippen molar-refractivity contribution in [2.24, 2.45) is 5.92 Å². The summed E-state index contributed by atoms with van der Waals surface area (Å²) < 4.78 is 2.21. The molecule has 0 spiro atoms. The Balaban J connectivity index is 2.09.